The topological polar surface area (TPSA) is 236 Å². The molecule has 5 N–H and O–H groups in total. The van der Waals surface area contributed by atoms with Crippen molar-refractivity contribution in [1.29, 1.82) is 0 Å². The van der Waals surface area contributed by atoms with Gasteiger partial charge in [0.05, 0.1) is 48.0 Å². The zero-order valence-corrected chi connectivity index (χ0v) is 48.2. The quantitative estimate of drug-likeness (QED) is 0.0514. The van der Waals surface area contributed by atoms with Crippen molar-refractivity contribution in [3.05, 3.63) is 113 Å². The van der Waals surface area contributed by atoms with Gasteiger partial charge in [0, 0.05) is 91.9 Å². The van der Waals surface area contributed by atoms with Gasteiger partial charge in [0.25, 0.3) is 0 Å². The number of piperazine rings is 1. The van der Waals surface area contributed by atoms with Gasteiger partial charge in [0.15, 0.2) is 5.75 Å². The predicted octanol–water partition coefficient (Wildman–Crippen LogP) is 8.11. The van der Waals surface area contributed by atoms with E-state index in [1.807, 2.05) is 87.0 Å². The summed E-state index contributed by atoms with van der Waals surface area (Å²) in [7, 11) is 1.74. The highest BCUT2D eigenvalue weighted by atomic mass is 19.1. The van der Waals surface area contributed by atoms with Crippen molar-refractivity contribution in [3.63, 3.8) is 0 Å². The third kappa shape index (κ3) is 10.4. The van der Waals surface area contributed by atoms with Crippen LogP contribution in [0.25, 0.3) is 55.4 Å². The number of aromatic amines is 1. The lowest BCUT2D eigenvalue weighted by Crippen LogP contribution is -2.50. The molecular weight excluding hydrogens is 1070 g/mol. The van der Waals surface area contributed by atoms with E-state index in [9.17, 15) is 19.8 Å². The predicted molar refractivity (Wildman–Crippen MR) is 314 cm³/mol. The molecule has 5 aliphatic rings. The maximum Gasteiger partial charge on any atom is 0.319 e. The van der Waals surface area contributed by atoms with Crippen LogP contribution in [0, 0.1) is 18.7 Å². The Kier molecular flexibility index (Phi) is 14.9. The number of nitrogens with zero attached hydrogens (tertiary/aromatic N) is 10. The van der Waals surface area contributed by atoms with Crippen molar-refractivity contribution in [3.8, 4) is 45.4 Å². The molecule has 0 unspecified atom stereocenters. The Hall–Kier alpha value is -7.85. The monoisotopic (exact) mass is 1140 g/mol. The van der Waals surface area contributed by atoms with Crippen LogP contribution in [0.5, 0.6) is 11.8 Å². The first kappa shape index (κ1) is 55.3. The zero-order valence-electron chi connectivity index (χ0n) is 48.2. The lowest BCUT2D eigenvalue weighted by Gasteiger charge is -2.31. The van der Waals surface area contributed by atoms with Crippen LogP contribution in [0.15, 0.2) is 85.3 Å². The van der Waals surface area contributed by atoms with Gasteiger partial charge in [-0.05, 0) is 111 Å². The molecule has 13 rings (SSSR count). The number of aliphatic hydroxyl groups is 2. The van der Waals surface area contributed by atoms with Gasteiger partial charge in [0.1, 0.15) is 47.6 Å². The van der Waals surface area contributed by atoms with Crippen LogP contribution in [0.2, 0.25) is 0 Å². The van der Waals surface area contributed by atoms with Gasteiger partial charge in [-0.1, -0.05) is 67.6 Å². The van der Waals surface area contributed by atoms with E-state index in [0.29, 0.717) is 51.8 Å². The smallest absolute Gasteiger partial charge is 0.319 e. The van der Waals surface area contributed by atoms with Gasteiger partial charge in [-0.3, -0.25) is 19.4 Å². The molecule has 3 saturated heterocycles. The number of H-pyrrole nitrogens is 1. The maximum atomic E-state index is 16.2. The van der Waals surface area contributed by atoms with E-state index < -0.39 is 36.2 Å². The van der Waals surface area contributed by atoms with Gasteiger partial charge < -0.3 is 44.9 Å². The molecule has 7 heterocycles. The first-order chi connectivity index (χ1) is 40.7. The summed E-state index contributed by atoms with van der Waals surface area (Å²) in [6.45, 7) is 11.7. The molecule has 9 atom stereocenters. The normalized spacial score (nSPS) is 22.4. The molecule has 4 aromatic heterocycles. The minimum Gasteiger partial charge on any atom is -0.486 e. The number of carbonyl (C=O) groups excluding carboxylic acids is 2. The Balaban J connectivity index is 0.783. The van der Waals surface area contributed by atoms with Crippen molar-refractivity contribution in [2.24, 2.45) is 5.92 Å². The first-order valence-corrected chi connectivity index (χ1v) is 29.6. The number of aliphatic hydroxyl groups excluding tert-OH is 2. The molecule has 4 aromatic carbocycles. The fraction of sp³-hybridized carbons (Fsp3) is 0.460. The number of halogens is 1. The van der Waals surface area contributed by atoms with Crippen LogP contribution in [-0.4, -0.2) is 141 Å². The summed E-state index contributed by atoms with van der Waals surface area (Å²) < 4.78 is 39.2. The summed E-state index contributed by atoms with van der Waals surface area (Å²) in [5.41, 5.74) is 8.92. The second-order valence-corrected chi connectivity index (χ2v) is 24.0. The molecule has 3 aliphatic heterocycles. The molecule has 2 amide bonds. The number of hydrogen-bond acceptors (Lipinski definition) is 15. The van der Waals surface area contributed by atoms with E-state index in [2.05, 4.69) is 47.2 Å². The van der Waals surface area contributed by atoms with E-state index in [1.54, 1.807) is 32.6 Å². The molecule has 2 aliphatic carbocycles. The molecule has 2 bridgehead atoms. The molecule has 0 radical (unpaired) electrons. The molecule has 2 saturated carbocycles. The molecule has 20 nitrogen and oxygen atoms in total. The number of nitrogens with one attached hydrogen (secondary N) is 3. The SMILES string of the molecule is CCn1nccc1-c1ccc([C@@H](NC(=O)[C@@H]2C[C@@H](O)CN2C(=O)[C@H](C(C)C)n2cc(-c3ccc(COc4c(-c5c(C)c(F)cc6[nH]ncc56)c(C5CC5)cc5c(N6C[C@@H]7C[C@H]6CN7)nc(O[C@H]6CC[C@H](OC)C6)nc45)cc3)nn2)[C@H](C)O)cc1. The van der Waals surface area contributed by atoms with Crippen LogP contribution in [0.4, 0.5) is 10.2 Å². The van der Waals surface area contributed by atoms with E-state index >= 15 is 4.39 Å². The standard InChI is InChI=1S/C63H72FN13O7/c1-7-76-52(20-21-67-76)39-14-16-40(17-15-39)56(35(5)78)68-61(80)53-23-43(79)30-75(53)62(81)58(33(2)3)77-31-51(72-73-77)38-10-8-36(9-11-38)32-83-59-55(54-34(4)49(64)26-50-48(54)28-66-71-50)46(37-12-13-37)25-47-57(59)69-63(84-45-19-18-44(24-45)82-6)70-60(47)74-29-41-22-42(74)27-65-41/h8-11,14-17,20-21,25-26,28,31,33,35,37,41-45,53,56,58,65,78-79H,7,12-13,18-19,22-24,27,29-30,32H2,1-6H3,(H,66,71)(H,68,80)/t35-,41-,42-,43+,44-,45-,53-,56-,58-/m0/s1. The summed E-state index contributed by atoms with van der Waals surface area (Å²) in [5.74, 6) is 0.0591. The number of anilines is 1. The fourth-order valence-corrected chi connectivity index (χ4v) is 13.4. The number of ether oxygens (including phenoxy) is 3. The lowest BCUT2D eigenvalue weighted by atomic mass is 9.88. The second kappa shape index (κ2) is 22.6. The third-order valence-electron chi connectivity index (χ3n) is 18.0. The average molecular weight is 1140 g/mol. The van der Waals surface area contributed by atoms with Gasteiger partial charge in [-0.15, -0.1) is 5.10 Å². The van der Waals surface area contributed by atoms with E-state index in [1.165, 1.54) is 15.6 Å². The second-order valence-electron chi connectivity index (χ2n) is 24.0. The number of aryl methyl sites for hydroxylation is 1. The number of rotatable bonds is 19. The lowest BCUT2D eigenvalue weighted by molar-refractivity contribution is -0.143. The first-order valence-electron chi connectivity index (χ1n) is 29.6. The number of hydrogen-bond donors (Lipinski definition) is 5. The van der Waals surface area contributed by atoms with Crippen LogP contribution in [0.1, 0.15) is 113 Å². The highest BCUT2D eigenvalue weighted by Crippen LogP contribution is 2.54. The van der Waals surface area contributed by atoms with Gasteiger partial charge in [0.2, 0.25) is 11.8 Å². The van der Waals surface area contributed by atoms with Crippen molar-refractivity contribution in [2.45, 2.75) is 153 Å². The number of likely N-dealkylation sites (tertiary alicyclic amines) is 1. The summed E-state index contributed by atoms with van der Waals surface area (Å²) in [6.07, 6.45) is 8.74. The average Bonchev–Trinajstić information content (AvgIpc) is 2.08. The van der Waals surface area contributed by atoms with Gasteiger partial charge in [-0.2, -0.15) is 20.2 Å². The largest absolute Gasteiger partial charge is 0.486 e. The Labute approximate surface area is 486 Å². The minimum atomic E-state index is -0.996. The molecule has 84 heavy (non-hydrogen) atoms. The van der Waals surface area contributed by atoms with Gasteiger partial charge >= 0.3 is 6.01 Å². The summed E-state index contributed by atoms with van der Waals surface area (Å²) in [4.78, 5) is 43.2. The molecule has 8 aromatic rings. The number of methoxy groups -OCH3 is 1. The van der Waals surface area contributed by atoms with E-state index in [0.717, 1.165) is 102 Å². The van der Waals surface area contributed by atoms with Crippen LogP contribution in [-0.2, 0) is 27.5 Å². The van der Waals surface area contributed by atoms with Crippen molar-refractivity contribution in [1.82, 2.24) is 60.5 Å². The van der Waals surface area contributed by atoms with Crippen LogP contribution >= 0.6 is 0 Å². The summed E-state index contributed by atoms with van der Waals surface area (Å²) in [6, 6.07) is 19.3. The number of benzene rings is 4. The maximum absolute atomic E-state index is 16.2. The molecule has 21 heteroatoms. The van der Waals surface area contributed by atoms with Crippen LogP contribution < -0.4 is 25.0 Å². The number of amides is 2. The van der Waals surface area contributed by atoms with Crippen molar-refractivity contribution in [2.75, 3.05) is 31.6 Å². The molecule has 5 fully saturated rings. The third-order valence-corrected chi connectivity index (χ3v) is 18.0. The number of aromatic nitrogens is 9. The van der Waals surface area contributed by atoms with Crippen molar-refractivity contribution < 1.29 is 38.4 Å². The Morgan fingerprint density at radius 1 is 0.917 bits per heavy atom. The Morgan fingerprint density at radius 2 is 1.70 bits per heavy atom. The molecular formula is C63H72FN13O7. The summed E-state index contributed by atoms with van der Waals surface area (Å²) >= 11 is 0. The highest BCUT2D eigenvalue weighted by Gasteiger charge is 2.45. The number of carbonyl (C=O) groups is 2. The van der Waals surface area contributed by atoms with E-state index in [-0.39, 0.29) is 67.4 Å². The number of fused-ring (bicyclic) bond motifs is 4. The Morgan fingerprint density at radius 3 is 2.40 bits per heavy atom. The van der Waals surface area contributed by atoms with Crippen molar-refractivity contribution >= 4 is 39.4 Å². The molecule has 438 valence electrons. The zero-order chi connectivity index (χ0) is 58.1. The fourth-order valence-electron chi connectivity index (χ4n) is 13.4. The van der Waals surface area contributed by atoms with Gasteiger partial charge in [-0.25, -0.2) is 9.07 Å². The minimum absolute atomic E-state index is 0.0351. The number of β-amino-alcohol motifs (C(OH)–C–C–N with tert-alkyl or cyclic N) is 1. The Bertz CT molecular complexity index is 3750. The van der Waals surface area contributed by atoms with Crippen LogP contribution in [0.3, 0.4) is 0 Å². The highest BCUT2D eigenvalue weighted by molar-refractivity contribution is 6.06. The van der Waals surface area contributed by atoms with E-state index in [4.69, 9.17) is 24.2 Å². The summed E-state index contributed by atoms with van der Waals surface area (Å²) in [5, 5.41) is 51.0. The molecule has 0 spiro atoms.